The second kappa shape index (κ2) is 6.50. The lowest BCUT2D eigenvalue weighted by Crippen LogP contribution is -2.40. The van der Waals surface area contributed by atoms with Gasteiger partial charge in [0.25, 0.3) is 0 Å². The molecule has 1 aliphatic rings. The Hall–Kier alpha value is 0.480. The quantitative estimate of drug-likeness (QED) is 0.735. The third-order valence-corrected chi connectivity index (χ3v) is 7.12. The number of thiophene rings is 1. The summed E-state index contributed by atoms with van der Waals surface area (Å²) < 4.78 is 27.4. The van der Waals surface area contributed by atoms with Crippen LogP contribution < -0.4 is 0 Å². The van der Waals surface area contributed by atoms with E-state index in [0.717, 1.165) is 37.0 Å². The van der Waals surface area contributed by atoms with Crippen LogP contribution in [0.2, 0.25) is 8.67 Å². The second-order valence-corrected chi connectivity index (χ2v) is 8.95. The second-order valence-electron chi connectivity index (χ2n) is 4.43. The van der Waals surface area contributed by atoms with Crippen LogP contribution in [0.5, 0.6) is 0 Å². The van der Waals surface area contributed by atoms with Gasteiger partial charge in [0.15, 0.2) is 0 Å². The molecule has 0 aliphatic heterocycles. The number of sulfonamides is 1. The first-order chi connectivity index (χ1) is 8.96. The van der Waals surface area contributed by atoms with Gasteiger partial charge >= 0.3 is 0 Å². The van der Waals surface area contributed by atoms with E-state index in [2.05, 4.69) is 0 Å². The molecule has 1 saturated carbocycles. The lowest BCUT2D eigenvalue weighted by Gasteiger charge is -2.27. The molecule has 0 radical (unpaired) electrons. The fraction of sp³-hybridized carbons (Fsp3) is 0.636. The molecule has 2 rings (SSSR count). The molecule has 1 aliphatic carbocycles. The van der Waals surface area contributed by atoms with Gasteiger partial charge in [0.05, 0.1) is 4.34 Å². The van der Waals surface area contributed by atoms with Crippen molar-refractivity contribution in [2.45, 2.75) is 36.6 Å². The van der Waals surface area contributed by atoms with E-state index >= 15 is 0 Å². The van der Waals surface area contributed by atoms with E-state index in [4.69, 9.17) is 34.8 Å². The summed E-state index contributed by atoms with van der Waals surface area (Å²) in [4.78, 5) is 0.0983. The summed E-state index contributed by atoms with van der Waals surface area (Å²) in [7, 11) is -3.61. The summed E-state index contributed by atoms with van der Waals surface area (Å²) in [6, 6.07) is 1.44. The average Bonchev–Trinajstić information content (AvgIpc) is 2.95. The Kier molecular flexibility index (Phi) is 5.42. The SMILES string of the molecule is O=S(=O)(c1cc(Cl)sc1Cl)N(CCCl)C1CCCC1. The van der Waals surface area contributed by atoms with Gasteiger partial charge in [-0.3, -0.25) is 0 Å². The number of alkyl halides is 1. The lowest BCUT2D eigenvalue weighted by molar-refractivity contribution is 0.337. The minimum absolute atomic E-state index is 0.0264. The normalized spacial score (nSPS) is 17.5. The van der Waals surface area contributed by atoms with E-state index in [1.165, 1.54) is 10.4 Å². The molecule has 0 atom stereocenters. The molecule has 108 valence electrons. The van der Waals surface area contributed by atoms with Gasteiger partial charge < -0.3 is 0 Å². The summed E-state index contributed by atoms with van der Waals surface area (Å²) in [6.07, 6.45) is 3.87. The Morgan fingerprint density at radius 2 is 1.95 bits per heavy atom. The predicted molar refractivity (Wildman–Crippen MR) is 81.2 cm³/mol. The Labute approximate surface area is 132 Å². The van der Waals surface area contributed by atoms with Crippen LogP contribution in [0.15, 0.2) is 11.0 Å². The van der Waals surface area contributed by atoms with Gasteiger partial charge in [-0.1, -0.05) is 36.0 Å². The fourth-order valence-corrected chi connectivity index (χ4v) is 6.48. The monoisotopic (exact) mass is 361 g/mol. The molecule has 1 aromatic rings. The first-order valence-electron chi connectivity index (χ1n) is 5.99. The summed E-state index contributed by atoms with van der Waals surface area (Å²) >= 11 is 18.6. The van der Waals surface area contributed by atoms with Crippen molar-refractivity contribution < 1.29 is 8.42 Å². The molecular formula is C11H14Cl3NO2S2. The Bertz CT molecular complexity index is 538. The Morgan fingerprint density at radius 3 is 2.42 bits per heavy atom. The molecule has 0 unspecified atom stereocenters. The molecule has 0 N–H and O–H groups in total. The van der Waals surface area contributed by atoms with Gasteiger partial charge in [-0.05, 0) is 18.9 Å². The summed E-state index contributed by atoms with van der Waals surface area (Å²) in [5.74, 6) is 0.269. The third kappa shape index (κ3) is 3.39. The van der Waals surface area contributed by atoms with Crippen molar-refractivity contribution in [2.24, 2.45) is 0 Å². The first-order valence-corrected chi connectivity index (χ1v) is 9.54. The first kappa shape index (κ1) is 15.9. The van der Waals surface area contributed by atoms with Crippen molar-refractivity contribution >= 4 is 56.2 Å². The van der Waals surface area contributed by atoms with Gasteiger partial charge in [0.1, 0.15) is 9.23 Å². The fourth-order valence-electron chi connectivity index (χ4n) is 2.40. The molecule has 19 heavy (non-hydrogen) atoms. The van der Waals surface area contributed by atoms with E-state index in [1.807, 2.05) is 0 Å². The highest BCUT2D eigenvalue weighted by Crippen LogP contribution is 2.37. The maximum Gasteiger partial charge on any atom is 0.245 e. The molecule has 1 heterocycles. The third-order valence-electron chi connectivity index (χ3n) is 3.25. The topological polar surface area (TPSA) is 37.4 Å². The van der Waals surface area contributed by atoms with Crippen molar-refractivity contribution in [1.29, 1.82) is 0 Å². The lowest BCUT2D eigenvalue weighted by atomic mass is 10.2. The van der Waals surface area contributed by atoms with Gasteiger partial charge in [0.2, 0.25) is 10.0 Å². The molecule has 0 amide bonds. The molecule has 0 spiro atoms. The van der Waals surface area contributed by atoms with Crippen molar-refractivity contribution in [1.82, 2.24) is 4.31 Å². The summed E-state index contributed by atoms with van der Waals surface area (Å²) in [6.45, 7) is 0.304. The van der Waals surface area contributed by atoms with E-state index in [1.54, 1.807) is 0 Å². The molecule has 0 bridgehead atoms. The Balaban J connectivity index is 2.36. The van der Waals surface area contributed by atoms with Gasteiger partial charge in [-0.15, -0.1) is 22.9 Å². The van der Waals surface area contributed by atoms with Crippen LogP contribution in [-0.2, 0) is 10.0 Å². The van der Waals surface area contributed by atoms with Gasteiger partial charge in [-0.2, -0.15) is 4.31 Å². The smallest absolute Gasteiger partial charge is 0.207 e. The van der Waals surface area contributed by atoms with E-state index < -0.39 is 10.0 Å². The minimum Gasteiger partial charge on any atom is -0.207 e. The van der Waals surface area contributed by atoms with E-state index in [9.17, 15) is 8.42 Å². The van der Waals surface area contributed by atoms with Crippen LogP contribution in [0.1, 0.15) is 25.7 Å². The predicted octanol–water partition coefficient (Wildman–Crippen LogP) is 4.23. The van der Waals surface area contributed by atoms with E-state index in [-0.39, 0.29) is 21.2 Å². The number of hydrogen-bond acceptors (Lipinski definition) is 3. The van der Waals surface area contributed by atoms with Crippen LogP contribution in [0.4, 0.5) is 0 Å². The number of rotatable bonds is 5. The van der Waals surface area contributed by atoms with Crippen molar-refractivity contribution in [2.75, 3.05) is 12.4 Å². The molecule has 0 saturated heterocycles. The largest absolute Gasteiger partial charge is 0.245 e. The minimum atomic E-state index is -3.61. The number of hydrogen-bond donors (Lipinski definition) is 0. The maximum atomic E-state index is 12.7. The highest BCUT2D eigenvalue weighted by atomic mass is 35.5. The van der Waals surface area contributed by atoms with Crippen LogP contribution in [0.25, 0.3) is 0 Å². The number of nitrogens with zero attached hydrogens (tertiary/aromatic N) is 1. The molecular weight excluding hydrogens is 349 g/mol. The molecule has 1 fully saturated rings. The summed E-state index contributed by atoms with van der Waals surface area (Å²) in [5.41, 5.74) is 0. The molecule has 0 aromatic carbocycles. The Morgan fingerprint density at radius 1 is 1.32 bits per heavy atom. The molecule has 1 aromatic heterocycles. The number of halogens is 3. The molecule has 8 heteroatoms. The molecule has 3 nitrogen and oxygen atoms in total. The average molecular weight is 363 g/mol. The zero-order chi connectivity index (χ0) is 14.0. The van der Waals surface area contributed by atoms with E-state index in [0.29, 0.717) is 10.9 Å². The maximum absolute atomic E-state index is 12.7. The van der Waals surface area contributed by atoms with Gasteiger partial charge in [-0.25, -0.2) is 8.42 Å². The van der Waals surface area contributed by atoms with Crippen molar-refractivity contribution in [3.63, 3.8) is 0 Å². The van der Waals surface area contributed by atoms with Crippen molar-refractivity contribution in [3.8, 4) is 0 Å². The van der Waals surface area contributed by atoms with Gasteiger partial charge in [0, 0.05) is 18.5 Å². The van der Waals surface area contributed by atoms with Crippen LogP contribution >= 0.6 is 46.1 Å². The highest BCUT2D eigenvalue weighted by molar-refractivity contribution is 7.89. The standard InChI is InChI=1S/C11H14Cl3NO2S2/c12-5-6-15(8-3-1-2-4-8)19(16,17)9-7-10(13)18-11(9)14/h7-8H,1-6H2. The van der Waals surface area contributed by atoms with Crippen LogP contribution in [0, 0.1) is 0 Å². The van der Waals surface area contributed by atoms with Crippen LogP contribution in [-0.4, -0.2) is 31.2 Å². The zero-order valence-corrected chi connectivity index (χ0v) is 14.0. The van der Waals surface area contributed by atoms with Crippen molar-refractivity contribution in [3.05, 3.63) is 14.7 Å². The van der Waals surface area contributed by atoms with Crippen LogP contribution in [0.3, 0.4) is 0 Å². The summed E-state index contributed by atoms with van der Waals surface area (Å²) in [5, 5.41) is 0. The zero-order valence-electron chi connectivity index (χ0n) is 10.1. The highest BCUT2D eigenvalue weighted by Gasteiger charge is 2.34.